The van der Waals surface area contributed by atoms with E-state index in [0.29, 0.717) is 12.1 Å². The molecule has 5 nitrogen and oxygen atoms in total. The summed E-state index contributed by atoms with van der Waals surface area (Å²) in [6.07, 6.45) is 3.62. The first kappa shape index (κ1) is 12.0. The summed E-state index contributed by atoms with van der Waals surface area (Å²) in [7, 11) is 0. The molecule has 0 radical (unpaired) electrons. The third kappa shape index (κ3) is 2.14. The van der Waals surface area contributed by atoms with E-state index in [1.165, 1.54) is 6.07 Å². The number of rotatable bonds is 2. The highest BCUT2D eigenvalue weighted by atomic mass is 16.5. The molecule has 1 aliphatic heterocycles. The Morgan fingerprint density at radius 3 is 2.94 bits per heavy atom. The molecule has 1 aromatic rings. The van der Waals surface area contributed by atoms with E-state index in [1.54, 1.807) is 0 Å². The van der Waals surface area contributed by atoms with Crippen molar-refractivity contribution in [3.63, 3.8) is 0 Å². The number of likely N-dealkylation sites (tertiary alicyclic amines) is 1. The molecule has 0 spiro atoms. The van der Waals surface area contributed by atoms with Gasteiger partial charge in [0.2, 0.25) is 0 Å². The molecule has 1 saturated heterocycles. The minimum Gasteiger partial charge on any atom is -0.327 e. The lowest BCUT2D eigenvalue weighted by atomic mass is 10.2. The average Bonchev–Trinajstić information content (AvgIpc) is 2.93. The number of carbonyl (C=O) groups is 1. The molecule has 0 N–H and O–H groups in total. The Labute approximate surface area is 100.0 Å². The Bertz CT molecular complexity index is 461. The summed E-state index contributed by atoms with van der Waals surface area (Å²) in [6, 6.07) is 1.46. The second kappa shape index (κ2) is 4.77. The maximum atomic E-state index is 12.3. The van der Waals surface area contributed by atoms with Crippen LogP contribution in [-0.4, -0.2) is 28.3 Å². The summed E-state index contributed by atoms with van der Waals surface area (Å²) in [4.78, 5) is 25.3. The van der Waals surface area contributed by atoms with E-state index in [0.717, 1.165) is 30.5 Å². The van der Waals surface area contributed by atoms with Gasteiger partial charge in [-0.2, -0.15) is 0 Å². The van der Waals surface area contributed by atoms with Crippen LogP contribution in [0.25, 0.3) is 0 Å². The van der Waals surface area contributed by atoms with Crippen LogP contribution in [0.5, 0.6) is 0 Å². The topological polar surface area (TPSA) is 55.5 Å². The van der Waals surface area contributed by atoms with Gasteiger partial charge in [0.1, 0.15) is 0 Å². The van der Waals surface area contributed by atoms with Crippen LogP contribution in [0.2, 0.25) is 0 Å². The highest BCUT2D eigenvalue weighted by molar-refractivity contribution is 5.76. The fourth-order valence-electron chi connectivity index (χ4n) is 2.41. The van der Waals surface area contributed by atoms with Gasteiger partial charge in [-0.15, -0.1) is 4.74 Å². The van der Waals surface area contributed by atoms with Crippen LogP contribution in [0.4, 0.5) is 4.79 Å². The van der Waals surface area contributed by atoms with Crippen molar-refractivity contribution in [2.75, 3.05) is 6.54 Å². The molecule has 0 aromatic carbocycles. The SMILES string of the molecule is CCc1cc(=O)on1C(=O)N1CCCC1CC. The molecule has 2 rings (SSSR count). The van der Waals surface area contributed by atoms with E-state index in [9.17, 15) is 9.59 Å². The van der Waals surface area contributed by atoms with Crippen LogP contribution in [0.15, 0.2) is 15.4 Å². The van der Waals surface area contributed by atoms with Crippen molar-refractivity contribution < 1.29 is 9.32 Å². The molecule has 17 heavy (non-hydrogen) atoms. The van der Waals surface area contributed by atoms with Gasteiger partial charge in [-0.05, 0) is 25.7 Å². The second-order valence-corrected chi connectivity index (χ2v) is 4.37. The fraction of sp³-hybridized carbons (Fsp3) is 0.667. The number of aryl methyl sites for hydroxylation is 1. The average molecular weight is 238 g/mol. The van der Waals surface area contributed by atoms with Gasteiger partial charge in [0.05, 0.1) is 5.69 Å². The fourth-order valence-corrected chi connectivity index (χ4v) is 2.41. The van der Waals surface area contributed by atoms with Crippen molar-refractivity contribution in [3.8, 4) is 0 Å². The molecule has 1 amide bonds. The zero-order chi connectivity index (χ0) is 12.4. The summed E-state index contributed by atoms with van der Waals surface area (Å²) < 4.78 is 6.09. The third-order valence-electron chi connectivity index (χ3n) is 3.36. The Morgan fingerprint density at radius 2 is 2.29 bits per heavy atom. The molecule has 2 heterocycles. The minimum atomic E-state index is -0.456. The maximum absolute atomic E-state index is 12.3. The first-order chi connectivity index (χ1) is 8.17. The van der Waals surface area contributed by atoms with E-state index >= 15 is 0 Å². The van der Waals surface area contributed by atoms with Gasteiger partial charge in [-0.25, -0.2) is 9.59 Å². The monoisotopic (exact) mass is 238 g/mol. The van der Waals surface area contributed by atoms with Crippen molar-refractivity contribution in [2.45, 2.75) is 45.6 Å². The molecule has 94 valence electrons. The first-order valence-electron chi connectivity index (χ1n) is 6.20. The Kier molecular flexibility index (Phi) is 3.36. The molecule has 1 unspecified atom stereocenters. The van der Waals surface area contributed by atoms with Crippen LogP contribution >= 0.6 is 0 Å². The number of aromatic nitrogens is 1. The van der Waals surface area contributed by atoms with Crippen LogP contribution < -0.4 is 5.63 Å². The van der Waals surface area contributed by atoms with E-state index in [2.05, 4.69) is 6.92 Å². The van der Waals surface area contributed by atoms with Gasteiger partial charge in [-0.3, -0.25) is 0 Å². The van der Waals surface area contributed by atoms with Crippen molar-refractivity contribution in [3.05, 3.63) is 22.2 Å². The molecule has 5 heteroatoms. The lowest BCUT2D eigenvalue weighted by Gasteiger charge is -2.23. The Morgan fingerprint density at radius 1 is 1.53 bits per heavy atom. The van der Waals surface area contributed by atoms with E-state index in [1.807, 2.05) is 11.8 Å². The van der Waals surface area contributed by atoms with Gasteiger partial charge in [-0.1, -0.05) is 13.8 Å². The standard InChI is InChI=1S/C12H18N2O3/c1-3-9-6-5-7-13(9)12(16)14-10(4-2)8-11(15)17-14/h8-9H,3-7H2,1-2H3. The number of nitrogens with zero attached hydrogens (tertiary/aromatic N) is 2. The first-order valence-corrected chi connectivity index (χ1v) is 6.20. The molecule has 1 atom stereocenters. The Hall–Kier alpha value is -1.52. The second-order valence-electron chi connectivity index (χ2n) is 4.37. The summed E-state index contributed by atoms with van der Waals surface area (Å²) in [5, 5.41) is 0. The third-order valence-corrected chi connectivity index (χ3v) is 3.36. The normalized spacial score (nSPS) is 19.9. The van der Waals surface area contributed by atoms with Gasteiger partial charge in [0.25, 0.3) is 0 Å². The Balaban J connectivity index is 2.27. The molecule has 1 aliphatic rings. The van der Waals surface area contributed by atoms with Crippen LogP contribution in [0.1, 0.15) is 38.8 Å². The molecule has 0 bridgehead atoms. The molecule has 0 saturated carbocycles. The molecular formula is C12H18N2O3. The predicted octanol–water partition coefficient (Wildman–Crippen LogP) is 1.85. The quantitative estimate of drug-likeness (QED) is 0.790. The highest BCUT2D eigenvalue weighted by Gasteiger charge is 2.30. The molecular weight excluding hydrogens is 220 g/mol. The van der Waals surface area contributed by atoms with Crippen LogP contribution in [0.3, 0.4) is 0 Å². The highest BCUT2D eigenvalue weighted by Crippen LogP contribution is 2.21. The summed E-state index contributed by atoms with van der Waals surface area (Å²) >= 11 is 0. The number of carbonyl (C=O) groups excluding carboxylic acids is 1. The minimum absolute atomic E-state index is 0.201. The smallest absolute Gasteiger partial charge is 0.327 e. The van der Waals surface area contributed by atoms with E-state index in [-0.39, 0.29) is 12.1 Å². The summed E-state index contributed by atoms with van der Waals surface area (Å²) in [5.74, 6) is 0. The van der Waals surface area contributed by atoms with Gasteiger partial charge in [0, 0.05) is 18.7 Å². The zero-order valence-electron chi connectivity index (χ0n) is 10.3. The summed E-state index contributed by atoms with van der Waals surface area (Å²) in [6.45, 7) is 4.72. The lowest BCUT2D eigenvalue weighted by Crippen LogP contribution is -2.38. The number of amides is 1. The van der Waals surface area contributed by atoms with Gasteiger partial charge < -0.3 is 9.42 Å². The molecule has 1 aromatic heterocycles. The van der Waals surface area contributed by atoms with E-state index < -0.39 is 5.63 Å². The van der Waals surface area contributed by atoms with Crippen molar-refractivity contribution in [1.29, 1.82) is 0 Å². The maximum Gasteiger partial charge on any atom is 0.358 e. The predicted molar refractivity (Wildman–Crippen MR) is 63.2 cm³/mol. The number of hydrogen-bond donors (Lipinski definition) is 0. The molecule has 0 aliphatic carbocycles. The molecule has 1 fully saturated rings. The largest absolute Gasteiger partial charge is 0.358 e. The van der Waals surface area contributed by atoms with E-state index in [4.69, 9.17) is 4.52 Å². The van der Waals surface area contributed by atoms with Gasteiger partial charge in [0.15, 0.2) is 0 Å². The lowest BCUT2D eigenvalue weighted by molar-refractivity contribution is 0.158. The van der Waals surface area contributed by atoms with Crippen molar-refractivity contribution in [2.24, 2.45) is 0 Å². The van der Waals surface area contributed by atoms with Crippen molar-refractivity contribution in [1.82, 2.24) is 9.64 Å². The van der Waals surface area contributed by atoms with Crippen molar-refractivity contribution >= 4 is 6.03 Å². The van der Waals surface area contributed by atoms with Crippen LogP contribution in [0, 0.1) is 0 Å². The zero-order valence-corrected chi connectivity index (χ0v) is 10.3. The number of hydrogen-bond acceptors (Lipinski definition) is 3. The van der Waals surface area contributed by atoms with Crippen LogP contribution in [-0.2, 0) is 6.42 Å². The summed E-state index contributed by atoms with van der Waals surface area (Å²) in [5.41, 5.74) is 0.184. The van der Waals surface area contributed by atoms with Gasteiger partial charge >= 0.3 is 11.7 Å².